The highest BCUT2D eigenvalue weighted by atomic mass is 35.5. The van der Waals surface area contributed by atoms with Crippen molar-refractivity contribution in [1.82, 2.24) is 0 Å². The molecule has 0 unspecified atom stereocenters. The number of allylic oxidation sites excluding steroid dienone is 1. The van der Waals surface area contributed by atoms with Gasteiger partial charge in [0.05, 0.1) is 0 Å². The Kier molecular flexibility index (Phi) is 12.3. The van der Waals surface area contributed by atoms with Gasteiger partial charge in [-0.1, -0.05) is 135 Å². The smallest absolute Gasteiger partial charge is 0.0407 e. The molecule has 0 spiro atoms. The minimum Gasteiger partial charge on any atom is -0.122 e. The van der Waals surface area contributed by atoms with Crippen molar-refractivity contribution in [2.75, 3.05) is 5.88 Å². The van der Waals surface area contributed by atoms with Crippen molar-refractivity contribution in [2.45, 2.75) is 0 Å². The van der Waals surface area contributed by atoms with Crippen LogP contribution in [0.2, 0.25) is 0 Å². The van der Waals surface area contributed by atoms with Crippen LogP contribution in [0.3, 0.4) is 0 Å². The second-order valence-electron chi connectivity index (χ2n) is 5.62. The number of rotatable bonds is 5. The molecule has 3 rings (SSSR count). The van der Waals surface area contributed by atoms with Gasteiger partial charge in [-0.05, 0) is 22.3 Å². The molecule has 0 nitrogen and oxygen atoms in total. The zero-order valence-corrected chi connectivity index (χ0v) is 16.9. The SMILES string of the molecule is C=Cc1ccccc1.C=Cc1ccccc1C=C.ClCC=Cc1ccccc1. The lowest BCUT2D eigenvalue weighted by molar-refractivity contribution is 1.62. The fraction of sp³-hybridized carbons (Fsp3) is 0.0370. The molecule has 0 bridgehead atoms. The molecule has 28 heavy (non-hydrogen) atoms. The molecule has 0 N–H and O–H groups in total. The zero-order chi connectivity index (χ0) is 20.5. The Morgan fingerprint density at radius 2 is 1.00 bits per heavy atom. The average Bonchev–Trinajstić information content (AvgIpc) is 2.79. The quantitative estimate of drug-likeness (QED) is 0.387. The van der Waals surface area contributed by atoms with E-state index in [1.165, 1.54) is 11.1 Å². The summed E-state index contributed by atoms with van der Waals surface area (Å²) in [7, 11) is 0. The van der Waals surface area contributed by atoms with Gasteiger partial charge in [0.25, 0.3) is 0 Å². The summed E-state index contributed by atoms with van der Waals surface area (Å²) in [6.07, 6.45) is 9.43. The van der Waals surface area contributed by atoms with Crippen LogP contribution in [0.15, 0.2) is 111 Å². The Hall–Kier alpha value is -3.09. The van der Waals surface area contributed by atoms with Crippen molar-refractivity contribution >= 4 is 35.9 Å². The molecule has 0 aliphatic carbocycles. The third-order valence-electron chi connectivity index (χ3n) is 3.67. The minimum absolute atomic E-state index is 0.578. The fourth-order valence-electron chi connectivity index (χ4n) is 2.22. The molecule has 142 valence electrons. The van der Waals surface area contributed by atoms with E-state index in [1.54, 1.807) is 0 Å². The van der Waals surface area contributed by atoms with Crippen LogP contribution in [0.4, 0.5) is 0 Å². The van der Waals surface area contributed by atoms with Gasteiger partial charge in [0.15, 0.2) is 0 Å². The zero-order valence-electron chi connectivity index (χ0n) is 16.2. The van der Waals surface area contributed by atoms with Crippen molar-refractivity contribution in [3.05, 3.63) is 133 Å². The number of alkyl halides is 1. The normalized spacial score (nSPS) is 9.32. The Morgan fingerprint density at radius 1 is 0.571 bits per heavy atom. The molecule has 0 aliphatic heterocycles. The fourth-order valence-corrected chi connectivity index (χ4v) is 2.31. The van der Waals surface area contributed by atoms with Crippen molar-refractivity contribution in [3.8, 4) is 0 Å². The molecule has 0 heterocycles. The van der Waals surface area contributed by atoms with E-state index in [0.29, 0.717) is 5.88 Å². The molecule has 1 heteroatoms. The molecule has 0 atom stereocenters. The molecule has 3 aromatic rings. The highest BCUT2D eigenvalue weighted by molar-refractivity contribution is 6.19. The van der Waals surface area contributed by atoms with E-state index >= 15 is 0 Å². The minimum atomic E-state index is 0.578. The van der Waals surface area contributed by atoms with Crippen LogP contribution >= 0.6 is 11.6 Å². The highest BCUT2D eigenvalue weighted by Gasteiger charge is 1.89. The maximum Gasteiger partial charge on any atom is 0.0407 e. The van der Waals surface area contributed by atoms with E-state index in [1.807, 2.05) is 115 Å². The number of benzene rings is 3. The van der Waals surface area contributed by atoms with Crippen LogP contribution in [-0.4, -0.2) is 5.88 Å². The average molecular weight is 387 g/mol. The molecule has 0 fully saturated rings. The summed E-state index contributed by atoms with van der Waals surface area (Å²) >= 11 is 5.46. The summed E-state index contributed by atoms with van der Waals surface area (Å²) in [5.41, 5.74) is 4.64. The van der Waals surface area contributed by atoms with Gasteiger partial charge in [0.2, 0.25) is 0 Å². The van der Waals surface area contributed by atoms with E-state index < -0.39 is 0 Å². The van der Waals surface area contributed by atoms with Crippen LogP contribution in [0.25, 0.3) is 24.3 Å². The molecular formula is C27H27Cl. The van der Waals surface area contributed by atoms with E-state index in [0.717, 1.165) is 11.1 Å². The lowest BCUT2D eigenvalue weighted by Crippen LogP contribution is -1.76. The molecule has 0 amide bonds. The molecule has 0 saturated carbocycles. The Bertz CT molecular complexity index is 819. The van der Waals surface area contributed by atoms with E-state index in [-0.39, 0.29) is 0 Å². The Balaban J connectivity index is 0.000000212. The molecule has 0 saturated heterocycles. The van der Waals surface area contributed by atoms with Crippen molar-refractivity contribution in [1.29, 1.82) is 0 Å². The van der Waals surface area contributed by atoms with E-state index in [2.05, 4.69) is 19.7 Å². The van der Waals surface area contributed by atoms with Gasteiger partial charge in [0, 0.05) is 5.88 Å². The molecule has 0 radical (unpaired) electrons. The van der Waals surface area contributed by atoms with Crippen molar-refractivity contribution < 1.29 is 0 Å². The van der Waals surface area contributed by atoms with Crippen LogP contribution in [0, 0.1) is 0 Å². The summed E-state index contributed by atoms with van der Waals surface area (Å²) in [5.74, 6) is 0.578. The predicted octanol–water partition coefficient (Wildman–Crippen LogP) is 8.24. The Morgan fingerprint density at radius 3 is 1.36 bits per heavy atom. The van der Waals surface area contributed by atoms with E-state index in [4.69, 9.17) is 11.6 Å². The summed E-state index contributed by atoms with van der Waals surface area (Å²) in [5, 5.41) is 0. The maximum atomic E-state index is 5.46. The monoisotopic (exact) mass is 386 g/mol. The lowest BCUT2D eigenvalue weighted by atomic mass is 10.1. The second kappa shape index (κ2) is 15.0. The first-order valence-electron chi connectivity index (χ1n) is 9.04. The van der Waals surface area contributed by atoms with Crippen LogP contribution in [-0.2, 0) is 0 Å². The molecular weight excluding hydrogens is 360 g/mol. The van der Waals surface area contributed by atoms with Gasteiger partial charge in [-0.25, -0.2) is 0 Å². The maximum absolute atomic E-state index is 5.46. The largest absolute Gasteiger partial charge is 0.122 e. The number of hydrogen-bond donors (Lipinski definition) is 0. The van der Waals surface area contributed by atoms with Gasteiger partial charge >= 0.3 is 0 Å². The standard InChI is InChI=1S/C10H10.C9H9Cl.C8H8/c1-3-9-7-5-6-8-10(9)4-2;10-8-4-7-9-5-2-1-3-6-9;1-2-8-6-4-3-5-7-8/h3-8H,1-2H2;1-7H,8H2;2-7H,1H2. The summed E-state index contributed by atoms with van der Waals surface area (Å²) in [6.45, 7) is 11.0. The van der Waals surface area contributed by atoms with Crippen molar-refractivity contribution in [3.63, 3.8) is 0 Å². The molecule has 0 aromatic heterocycles. The first-order chi connectivity index (χ1) is 13.7. The number of halogens is 1. The third-order valence-corrected chi connectivity index (χ3v) is 3.85. The number of hydrogen-bond acceptors (Lipinski definition) is 0. The van der Waals surface area contributed by atoms with Crippen LogP contribution in [0.1, 0.15) is 22.3 Å². The highest BCUT2D eigenvalue weighted by Crippen LogP contribution is 2.10. The molecule has 3 aromatic carbocycles. The van der Waals surface area contributed by atoms with Gasteiger partial charge in [0.1, 0.15) is 0 Å². The summed E-state index contributed by atoms with van der Waals surface area (Å²) in [6, 6.07) is 28.1. The van der Waals surface area contributed by atoms with Crippen LogP contribution in [0.5, 0.6) is 0 Å². The van der Waals surface area contributed by atoms with Gasteiger partial charge in [-0.3, -0.25) is 0 Å². The van der Waals surface area contributed by atoms with Gasteiger partial charge < -0.3 is 0 Å². The summed E-state index contributed by atoms with van der Waals surface area (Å²) < 4.78 is 0. The van der Waals surface area contributed by atoms with Gasteiger partial charge in [-0.2, -0.15) is 0 Å². The predicted molar refractivity (Wildman–Crippen MR) is 129 cm³/mol. The lowest BCUT2D eigenvalue weighted by Gasteiger charge is -1.96. The first-order valence-corrected chi connectivity index (χ1v) is 9.57. The third kappa shape index (κ3) is 9.56. The first kappa shape index (κ1) is 23.0. The topological polar surface area (TPSA) is 0 Å². The molecule has 0 aliphatic rings. The van der Waals surface area contributed by atoms with E-state index in [9.17, 15) is 0 Å². The summed E-state index contributed by atoms with van der Waals surface area (Å²) in [4.78, 5) is 0. The van der Waals surface area contributed by atoms with Crippen LogP contribution < -0.4 is 0 Å². The van der Waals surface area contributed by atoms with Crippen molar-refractivity contribution in [2.24, 2.45) is 0 Å². The Labute approximate surface area is 174 Å². The van der Waals surface area contributed by atoms with Gasteiger partial charge in [-0.15, -0.1) is 11.6 Å². The second-order valence-corrected chi connectivity index (χ2v) is 5.93.